The van der Waals surface area contributed by atoms with Gasteiger partial charge in [0.05, 0.1) is 0 Å². The minimum atomic E-state index is -0.0289. The van der Waals surface area contributed by atoms with Gasteiger partial charge in [-0.3, -0.25) is 4.79 Å². The van der Waals surface area contributed by atoms with Crippen LogP contribution in [0.3, 0.4) is 0 Å². The number of hydrogen-bond acceptors (Lipinski definition) is 3. The van der Waals surface area contributed by atoms with Gasteiger partial charge in [-0.25, -0.2) is 0 Å². The van der Waals surface area contributed by atoms with Gasteiger partial charge in [-0.2, -0.15) is 0 Å². The Bertz CT molecular complexity index is 401. The van der Waals surface area contributed by atoms with Crippen LogP contribution in [0.1, 0.15) is 30.3 Å². The maximum Gasteiger partial charge on any atom is 0.289 e. The van der Waals surface area contributed by atoms with E-state index in [0.717, 1.165) is 25.9 Å². The number of halogens is 2. The summed E-state index contributed by atoms with van der Waals surface area (Å²) in [6.45, 7) is 3.57. The molecule has 0 bridgehead atoms. The maximum absolute atomic E-state index is 12.1. The number of nitrogens with two attached hydrogens (primary N) is 1. The van der Waals surface area contributed by atoms with Crippen LogP contribution in [0.4, 0.5) is 0 Å². The van der Waals surface area contributed by atoms with Crippen LogP contribution in [0.2, 0.25) is 0 Å². The summed E-state index contributed by atoms with van der Waals surface area (Å²) < 4.78 is 5.86. The van der Waals surface area contributed by atoms with Gasteiger partial charge in [-0.1, -0.05) is 0 Å². The Balaban J connectivity index is 0.00000162. The zero-order chi connectivity index (χ0) is 12.4. The molecule has 18 heavy (non-hydrogen) atoms. The number of piperidine rings is 1. The number of likely N-dealkylation sites (tertiary alicyclic amines) is 1. The molecule has 2 rings (SSSR count). The van der Waals surface area contributed by atoms with Crippen LogP contribution in [0, 0.1) is 5.92 Å². The molecule has 0 aliphatic carbocycles. The minimum Gasteiger partial charge on any atom is -0.444 e. The Labute approximate surface area is 121 Å². The second-order valence-electron chi connectivity index (χ2n) is 4.59. The largest absolute Gasteiger partial charge is 0.444 e. The second kappa shape index (κ2) is 6.59. The van der Waals surface area contributed by atoms with Crippen molar-refractivity contribution < 1.29 is 9.21 Å². The summed E-state index contributed by atoms with van der Waals surface area (Å²) in [5.41, 5.74) is 5.87. The summed E-state index contributed by atoms with van der Waals surface area (Å²) in [4.78, 5) is 13.9. The number of carbonyl (C=O) groups is 1. The molecular formula is C12H18BrClN2O2. The zero-order valence-corrected chi connectivity index (χ0v) is 12.7. The lowest BCUT2D eigenvalue weighted by Crippen LogP contribution is -2.42. The molecule has 1 saturated heterocycles. The first-order valence-electron chi connectivity index (χ1n) is 5.88. The van der Waals surface area contributed by atoms with E-state index in [-0.39, 0.29) is 24.4 Å². The summed E-state index contributed by atoms with van der Waals surface area (Å²) in [5.74, 6) is 0.900. The molecule has 1 aliphatic heterocycles. The van der Waals surface area contributed by atoms with Crippen molar-refractivity contribution in [3.8, 4) is 0 Å². The van der Waals surface area contributed by atoms with Crippen molar-refractivity contribution in [3.63, 3.8) is 0 Å². The van der Waals surface area contributed by atoms with Crippen molar-refractivity contribution in [1.82, 2.24) is 4.90 Å². The van der Waals surface area contributed by atoms with E-state index >= 15 is 0 Å². The standard InChI is InChI=1S/C12H17BrN2O2.ClH/c1-8(14)9-4-6-15(7-5-9)12(16)10-2-3-11(13)17-10;/h2-3,8-9H,4-7,14H2,1H3;1H. The number of hydrogen-bond donors (Lipinski definition) is 1. The third-order valence-corrected chi connectivity index (χ3v) is 3.78. The van der Waals surface area contributed by atoms with Crippen molar-refractivity contribution >= 4 is 34.2 Å². The van der Waals surface area contributed by atoms with Crippen molar-refractivity contribution in [2.75, 3.05) is 13.1 Å². The van der Waals surface area contributed by atoms with Crippen LogP contribution in [-0.4, -0.2) is 29.9 Å². The average Bonchev–Trinajstić information content (AvgIpc) is 2.75. The minimum absolute atomic E-state index is 0. The van der Waals surface area contributed by atoms with E-state index < -0.39 is 0 Å². The highest BCUT2D eigenvalue weighted by molar-refractivity contribution is 9.10. The Hall–Kier alpha value is -0.520. The van der Waals surface area contributed by atoms with Gasteiger partial charge in [-0.15, -0.1) is 12.4 Å². The molecule has 0 saturated carbocycles. The number of nitrogens with zero attached hydrogens (tertiary/aromatic N) is 1. The van der Waals surface area contributed by atoms with Crippen LogP contribution in [0.15, 0.2) is 21.2 Å². The molecule has 0 radical (unpaired) electrons. The van der Waals surface area contributed by atoms with Crippen LogP contribution >= 0.6 is 28.3 Å². The van der Waals surface area contributed by atoms with Crippen LogP contribution in [0.25, 0.3) is 0 Å². The van der Waals surface area contributed by atoms with Gasteiger partial charge >= 0.3 is 0 Å². The lowest BCUT2D eigenvalue weighted by Gasteiger charge is -2.33. The summed E-state index contributed by atoms with van der Waals surface area (Å²) in [6.07, 6.45) is 1.95. The SMILES string of the molecule is CC(N)C1CCN(C(=O)c2ccc(Br)o2)CC1.Cl. The number of rotatable bonds is 2. The van der Waals surface area contributed by atoms with Crippen LogP contribution in [-0.2, 0) is 0 Å². The van der Waals surface area contributed by atoms with Crippen molar-refractivity contribution in [2.45, 2.75) is 25.8 Å². The quantitative estimate of drug-likeness (QED) is 0.902. The molecule has 102 valence electrons. The van der Waals surface area contributed by atoms with E-state index in [4.69, 9.17) is 10.2 Å². The normalized spacial score (nSPS) is 18.3. The van der Waals surface area contributed by atoms with Crippen molar-refractivity contribution in [2.24, 2.45) is 11.7 Å². The molecule has 1 atom stereocenters. The van der Waals surface area contributed by atoms with Crippen LogP contribution in [0.5, 0.6) is 0 Å². The molecule has 1 aliphatic rings. The molecule has 1 aromatic heterocycles. The maximum atomic E-state index is 12.1. The molecule has 4 nitrogen and oxygen atoms in total. The first kappa shape index (κ1) is 15.5. The van der Waals surface area contributed by atoms with Crippen molar-refractivity contribution in [1.29, 1.82) is 0 Å². The molecule has 2 heterocycles. The Morgan fingerprint density at radius 1 is 1.50 bits per heavy atom. The van der Waals surface area contributed by atoms with E-state index in [1.54, 1.807) is 12.1 Å². The van der Waals surface area contributed by atoms with Gasteiger partial charge in [-0.05, 0) is 53.7 Å². The first-order chi connectivity index (χ1) is 8.08. The van der Waals surface area contributed by atoms with E-state index in [1.807, 2.05) is 11.8 Å². The zero-order valence-electron chi connectivity index (χ0n) is 10.3. The summed E-state index contributed by atoms with van der Waals surface area (Å²) in [5, 5.41) is 0. The predicted molar refractivity (Wildman–Crippen MR) is 75.9 cm³/mol. The number of amides is 1. The fourth-order valence-corrected chi connectivity index (χ4v) is 2.52. The van der Waals surface area contributed by atoms with Gasteiger partial charge in [0.2, 0.25) is 0 Å². The van der Waals surface area contributed by atoms with E-state index in [0.29, 0.717) is 16.3 Å². The van der Waals surface area contributed by atoms with Gasteiger partial charge in [0.15, 0.2) is 10.4 Å². The second-order valence-corrected chi connectivity index (χ2v) is 5.37. The molecule has 2 N–H and O–H groups in total. The summed E-state index contributed by atoms with van der Waals surface area (Å²) in [7, 11) is 0. The lowest BCUT2D eigenvalue weighted by atomic mass is 9.91. The molecular weight excluding hydrogens is 320 g/mol. The molecule has 1 amide bonds. The molecule has 1 aromatic rings. The first-order valence-corrected chi connectivity index (χ1v) is 6.67. The smallest absolute Gasteiger partial charge is 0.289 e. The Kier molecular flexibility index (Phi) is 5.69. The van der Waals surface area contributed by atoms with Crippen LogP contribution < -0.4 is 5.73 Å². The van der Waals surface area contributed by atoms with Gasteiger partial charge in [0.1, 0.15) is 0 Å². The number of carbonyl (C=O) groups excluding carboxylic acids is 1. The third kappa shape index (κ3) is 3.49. The fraction of sp³-hybridized carbons (Fsp3) is 0.583. The van der Waals surface area contributed by atoms with E-state index in [2.05, 4.69) is 15.9 Å². The summed E-state index contributed by atoms with van der Waals surface area (Å²) in [6, 6.07) is 3.65. The fourth-order valence-electron chi connectivity index (χ4n) is 2.21. The third-order valence-electron chi connectivity index (χ3n) is 3.35. The highest BCUT2D eigenvalue weighted by Gasteiger charge is 2.26. The van der Waals surface area contributed by atoms with Gasteiger partial charge in [0, 0.05) is 19.1 Å². The van der Waals surface area contributed by atoms with E-state index in [1.165, 1.54) is 0 Å². The molecule has 1 unspecified atom stereocenters. The molecule has 0 aromatic carbocycles. The molecule has 6 heteroatoms. The van der Waals surface area contributed by atoms with E-state index in [9.17, 15) is 4.79 Å². The monoisotopic (exact) mass is 336 g/mol. The molecule has 0 spiro atoms. The topological polar surface area (TPSA) is 59.5 Å². The number of furan rings is 1. The van der Waals surface area contributed by atoms with Gasteiger partial charge < -0.3 is 15.1 Å². The average molecular weight is 338 g/mol. The van der Waals surface area contributed by atoms with Crippen molar-refractivity contribution in [3.05, 3.63) is 22.6 Å². The highest BCUT2D eigenvalue weighted by Crippen LogP contribution is 2.22. The lowest BCUT2D eigenvalue weighted by molar-refractivity contribution is 0.0647. The Morgan fingerprint density at radius 2 is 2.11 bits per heavy atom. The highest BCUT2D eigenvalue weighted by atomic mass is 79.9. The molecule has 1 fully saturated rings. The Morgan fingerprint density at radius 3 is 2.56 bits per heavy atom. The summed E-state index contributed by atoms with van der Waals surface area (Å²) >= 11 is 3.20. The predicted octanol–water partition coefficient (Wildman–Crippen LogP) is 2.66. The van der Waals surface area contributed by atoms with Gasteiger partial charge in [0.25, 0.3) is 5.91 Å².